The largest absolute Gasteiger partial charge is 0.497 e. The van der Waals surface area contributed by atoms with Crippen molar-refractivity contribution in [3.8, 4) is 11.5 Å². The topological polar surface area (TPSA) is 51.1 Å². The average Bonchev–Trinajstić information content (AvgIpc) is 3.02. The number of aliphatic imine (C=N–C) groups is 1. The Kier molecular flexibility index (Phi) is 6.99. The van der Waals surface area contributed by atoms with Crippen LogP contribution in [0, 0.1) is 5.92 Å². The Labute approximate surface area is 176 Å². The highest BCUT2D eigenvalue weighted by molar-refractivity contribution is 8.18. The van der Waals surface area contributed by atoms with Crippen LogP contribution in [-0.4, -0.2) is 36.2 Å². The molecule has 6 heteroatoms. The number of rotatable bonds is 7. The number of thioether (sulfide) groups is 1. The number of carbonyl (C=O) groups is 1. The van der Waals surface area contributed by atoms with Gasteiger partial charge in [-0.15, -0.1) is 0 Å². The molecule has 0 bridgehead atoms. The van der Waals surface area contributed by atoms with Gasteiger partial charge in [0.2, 0.25) is 0 Å². The molecule has 0 radical (unpaired) electrons. The molecule has 3 rings (SSSR count). The molecule has 2 aromatic carbocycles. The predicted octanol–water partition coefficient (Wildman–Crippen LogP) is 5.35. The van der Waals surface area contributed by atoms with Crippen LogP contribution in [0.15, 0.2) is 58.4 Å². The number of hydrogen-bond acceptors (Lipinski definition) is 5. The molecular weight excluding hydrogens is 384 g/mol. The summed E-state index contributed by atoms with van der Waals surface area (Å²) >= 11 is 1.39. The monoisotopic (exact) mass is 410 g/mol. The minimum atomic E-state index is -0.0232. The van der Waals surface area contributed by atoms with Crippen LogP contribution >= 0.6 is 11.8 Å². The van der Waals surface area contributed by atoms with Crippen molar-refractivity contribution >= 4 is 34.6 Å². The molecule has 0 spiro atoms. The summed E-state index contributed by atoms with van der Waals surface area (Å²) in [5.74, 6) is 2.07. The van der Waals surface area contributed by atoms with Crippen LogP contribution in [0.5, 0.6) is 11.5 Å². The molecule has 29 heavy (non-hydrogen) atoms. The number of likely N-dealkylation sites (N-methyl/N-ethyl adjacent to an activating group) is 1. The van der Waals surface area contributed by atoms with Gasteiger partial charge in [0.15, 0.2) is 5.17 Å². The highest BCUT2D eigenvalue weighted by Gasteiger charge is 2.32. The minimum Gasteiger partial charge on any atom is -0.497 e. The van der Waals surface area contributed by atoms with Gasteiger partial charge in [-0.2, -0.15) is 0 Å². The molecule has 2 aromatic rings. The quantitative estimate of drug-likeness (QED) is 0.577. The molecule has 1 fully saturated rings. The summed E-state index contributed by atoms with van der Waals surface area (Å²) in [5.41, 5.74) is 1.74. The van der Waals surface area contributed by atoms with Gasteiger partial charge in [0.25, 0.3) is 5.91 Å². The van der Waals surface area contributed by atoms with Crippen molar-refractivity contribution in [1.82, 2.24) is 4.90 Å². The first-order chi connectivity index (χ1) is 14.0. The number of amidine groups is 1. The summed E-state index contributed by atoms with van der Waals surface area (Å²) in [7, 11) is 1.63. The summed E-state index contributed by atoms with van der Waals surface area (Å²) < 4.78 is 10.9. The van der Waals surface area contributed by atoms with Crippen molar-refractivity contribution < 1.29 is 14.3 Å². The maximum atomic E-state index is 12.8. The van der Waals surface area contributed by atoms with E-state index in [1.165, 1.54) is 11.8 Å². The van der Waals surface area contributed by atoms with E-state index in [0.717, 1.165) is 22.7 Å². The highest BCUT2D eigenvalue weighted by Crippen LogP contribution is 2.34. The molecule has 1 amide bonds. The van der Waals surface area contributed by atoms with E-state index in [2.05, 4.69) is 18.8 Å². The van der Waals surface area contributed by atoms with E-state index in [1.54, 1.807) is 12.0 Å². The number of nitrogens with zero attached hydrogens (tertiary/aromatic N) is 2. The molecule has 0 unspecified atom stereocenters. The van der Waals surface area contributed by atoms with Gasteiger partial charge in [0, 0.05) is 6.54 Å². The second-order valence-corrected chi connectivity index (χ2v) is 8.04. The summed E-state index contributed by atoms with van der Waals surface area (Å²) in [6, 6.07) is 15.3. The Bertz CT molecular complexity index is 903. The first kappa shape index (κ1) is 21.0. The van der Waals surface area contributed by atoms with Crippen molar-refractivity contribution in [2.24, 2.45) is 10.9 Å². The zero-order valence-corrected chi connectivity index (χ0v) is 18.0. The van der Waals surface area contributed by atoms with Crippen molar-refractivity contribution in [3.63, 3.8) is 0 Å². The van der Waals surface area contributed by atoms with E-state index < -0.39 is 0 Å². The zero-order valence-electron chi connectivity index (χ0n) is 17.2. The lowest BCUT2D eigenvalue weighted by molar-refractivity contribution is -0.122. The van der Waals surface area contributed by atoms with Gasteiger partial charge in [-0.25, -0.2) is 4.99 Å². The van der Waals surface area contributed by atoms with Crippen molar-refractivity contribution in [2.75, 3.05) is 20.3 Å². The van der Waals surface area contributed by atoms with Gasteiger partial charge < -0.3 is 9.47 Å². The number of methoxy groups -OCH3 is 1. The lowest BCUT2D eigenvalue weighted by atomic mass is 10.2. The van der Waals surface area contributed by atoms with Crippen LogP contribution in [-0.2, 0) is 4.79 Å². The third-order valence-corrected chi connectivity index (χ3v) is 5.27. The van der Waals surface area contributed by atoms with Gasteiger partial charge in [0.05, 0.1) is 24.3 Å². The molecule has 0 aliphatic carbocycles. The number of amides is 1. The summed E-state index contributed by atoms with van der Waals surface area (Å²) in [4.78, 5) is 19.8. The van der Waals surface area contributed by atoms with E-state index in [4.69, 9.17) is 9.47 Å². The van der Waals surface area contributed by atoms with Crippen molar-refractivity contribution in [1.29, 1.82) is 0 Å². The molecule has 1 aliphatic heterocycles. The van der Waals surface area contributed by atoms with Crippen LogP contribution in [0.3, 0.4) is 0 Å². The lowest BCUT2D eigenvalue weighted by Crippen LogP contribution is -2.28. The summed E-state index contributed by atoms with van der Waals surface area (Å²) in [6.45, 7) is 7.44. The van der Waals surface area contributed by atoms with E-state index >= 15 is 0 Å². The molecule has 0 N–H and O–H groups in total. The van der Waals surface area contributed by atoms with Crippen LogP contribution in [0.25, 0.3) is 6.08 Å². The maximum Gasteiger partial charge on any atom is 0.266 e. The summed E-state index contributed by atoms with van der Waals surface area (Å²) in [6.07, 6.45) is 1.90. The first-order valence-corrected chi connectivity index (χ1v) is 10.5. The smallest absolute Gasteiger partial charge is 0.266 e. The second kappa shape index (κ2) is 9.65. The second-order valence-electron chi connectivity index (χ2n) is 7.03. The number of carbonyl (C=O) groups excluding carboxylic acids is 1. The Morgan fingerprint density at radius 3 is 2.31 bits per heavy atom. The molecular formula is C23H26N2O3S. The molecule has 0 saturated carbocycles. The average molecular weight is 411 g/mol. The predicted molar refractivity (Wildman–Crippen MR) is 120 cm³/mol. The normalized spacial score (nSPS) is 16.9. The Balaban J connectivity index is 1.77. The number of ether oxygens (including phenoxy) is 2. The van der Waals surface area contributed by atoms with E-state index in [-0.39, 0.29) is 5.91 Å². The Hall–Kier alpha value is -2.73. The lowest BCUT2D eigenvalue weighted by Gasteiger charge is -2.12. The SMILES string of the molecule is CCN1C(=O)/C(=C\c2ccc(OCC(C)C)cc2)SC1=Nc1ccc(OC)cc1. The number of benzene rings is 2. The van der Waals surface area contributed by atoms with Gasteiger partial charge in [0.1, 0.15) is 11.5 Å². The Morgan fingerprint density at radius 1 is 1.07 bits per heavy atom. The van der Waals surface area contributed by atoms with Gasteiger partial charge in [-0.05, 0) is 72.6 Å². The zero-order chi connectivity index (χ0) is 20.8. The fourth-order valence-corrected chi connectivity index (χ4v) is 3.77. The standard InChI is InChI=1S/C23H26N2O3S/c1-5-25-22(26)21(14-17-6-10-20(11-7-17)28-15-16(2)3)29-23(25)24-18-8-12-19(27-4)13-9-18/h6-14,16H,5,15H2,1-4H3/b21-14+,24-23?. The fraction of sp³-hybridized carbons (Fsp3) is 0.304. The number of hydrogen-bond donors (Lipinski definition) is 0. The molecule has 152 valence electrons. The van der Waals surface area contributed by atoms with Gasteiger partial charge >= 0.3 is 0 Å². The molecule has 0 atom stereocenters. The van der Waals surface area contributed by atoms with Crippen LogP contribution < -0.4 is 9.47 Å². The van der Waals surface area contributed by atoms with E-state index in [0.29, 0.717) is 29.1 Å². The van der Waals surface area contributed by atoms with Gasteiger partial charge in [-0.1, -0.05) is 26.0 Å². The van der Waals surface area contributed by atoms with E-state index in [9.17, 15) is 4.79 Å². The molecule has 1 aliphatic rings. The van der Waals surface area contributed by atoms with E-state index in [1.807, 2.05) is 61.5 Å². The minimum absolute atomic E-state index is 0.0232. The highest BCUT2D eigenvalue weighted by atomic mass is 32.2. The molecule has 1 heterocycles. The fourth-order valence-electron chi connectivity index (χ4n) is 2.71. The van der Waals surface area contributed by atoms with Gasteiger partial charge in [-0.3, -0.25) is 9.69 Å². The van der Waals surface area contributed by atoms with Crippen LogP contribution in [0.1, 0.15) is 26.3 Å². The molecule has 0 aromatic heterocycles. The molecule has 5 nitrogen and oxygen atoms in total. The maximum absolute atomic E-state index is 12.8. The first-order valence-electron chi connectivity index (χ1n) is 9.67. The van der Waals surface area contributed by atoms with Crippen molar-refractivity contribution in [3.05, 3.63) is 59.0 Å². The van der Waals surface area contributed by atoms with Crippen molar-refractivity contribution in [2.45, 2.75) is 20.8 Å². The summed E-state index contributed by atoms with van der Waals surface area (Å²) in [5, 5.41) is 0.686. The van der Waals surface area contributed by atoms with Crippen LogP contribution in [0.2, 0.25) is 0 Å². The van der Waals surface area contributed by atoms with Crippen LogP contribution in [0.4, 0.5) is 5.69 Å². The Morgan fingerprint density at radius 2 is 1.72 bits per heavy atom. The third-order valence-electron chi connectivity index (χ3n) is 4.26. The third kappa shape index (κ3) is 5.41. The molecule has 1 saturated heterocycles.